The maximum atomic E-state index is 12.8. The fourth-order valence-corrected chi connectivity index (χ4v) is 4.33. The van der Waals surface area contributed by atoms with Gasteiger partial charge in [0.25, 0.3) is 5.91 Å². The monoisotopic (exact) mass is 581 g/mol. The molecule has 8 heteroatoms. The summed E-state index contributed by atoms with van der Waals surface area (Å²) >= 11 is 2.17. The van der Waals surface area contributed by atoms with Crippen LogP contribution in [0.3, 0.4) is 0 Å². The molecule has 0 radical (unpaired) electrons. The van der Waals surface area contributed by atoms with E-state index in [2.05, 4.69) is 39.3 Å². The van der Waals surface area contributed by atoms with Crippen LogP contribution in [0.5, 0.6) is 5.75 Å². The molecular weight excluding hydrogens is 557 g/mol. The van der Waals surface area contributed by atoms with Crippen LogP contribution in [-0.4, -0.2) is 29.3 Å². The molecule has 35 heavy (non-hydrogen) atoms. The summed E-state index contributed by atoms with van der Waals surface area (Å²) in [5.74, 6) is -0.278. The van der Waals surface area contributed by atoms with E-state index < -0.39 is 17.8 Å². The van der Waals surface area contributed by atoms with E-state index in [-0.39, 0.29) is 12.2 Å². The van der Waals surface area contributed by atoms with Crippen molar-refractivity contribution in [2.75, 3.05) is 11.9 Å². The number of hydrogen-bond acceptors (Lipinski definition) is 4. The molecule has 1 aliphatic rings. The lowest BCUT2D eigenvalue weighted by Gasteiger charge is -2.12. The quantitative estimate of drug-likeness (QED) is 0.233. The number of nitrogens with one attached hydrogen (secondary N) is 2. The van der Waals surface area contributed by atoms with E-state index >= 15 is 0 Å². The number of amides is 4. The predicted octanol–water partition coefficient (Wildman–Crippen LogP) is 5.02. The van der Waals surface area contributed by atoms with E-state index in [1.165, 1.54) is 5.56 Å². The highest BCUT2D eigenvalue weighted by Crippen LogP contribution is 2.25. The topological polar surface area (TPSA) is 87.7 Å². The number of ether oxygens (including phenoxy) is 1. The van der Waals surface area contributed by atoms with Crippen molar-refractivity contribution in [3.8, 4) is 5.75 Å². The lowest BCUT2D eigenvalue weighted by molar-refractivity contribution is -0.127. The Morgan fingerprint density at radius 1 is 1.03 bits per heavy atom. The Kier molecular flexibility index (Phi) is 7.50. The van der Waals surface area contributed by atoms with Crippen molar-refractivity contribution in [2.24, 2.45) is 0 Å². The number of halogens is 1. The van der Waals surface area contributed by atoms with Crippen LogP contribution in [-0.2, 0) is 16.2 Å². The number of carbonyl (C=O) groups excluding carboxylic acids is 3. The van der Waals surface area contributed by atoms with Gasteiger partial charge in [0.15, 0.2) is 0 Å². The standard InChI is InChI=1S/C27H24IN3O4/c1-17-5-3-7-20(11-17)16-35-24-10-9-19(13-22(24)28)14-23-26(33)31(27(34)30-23)15-25(32)29-21-8-4-6-18(2)12-21/h3-14H,15-16H2,1-2H3,(H,29,32)(H,30,34)/b23-14+. The number of benzene rings is 3. The van der Waals surface area contributed by atoms with Crippen molar-refractivity contribution in [3.63, 3.8) is 0 Å². The van der Waals surface area contributed by atoms with Crippen molar-refractivity contribution in [2.45, 2.75) is 20.5 Å². The van der Waals surface area contributed by atoms with Crippen LogP contribution in [0.25, 0.3) is 6.08 Å². The fourth-order valence-electron chi connectivity index (χ4n) is 3.64. The Labute approximate surface area is 217 Å². The zero-order valence-corrected chi connectivity index (χ0v) is 21.5. The Morgan fingerprint density at radius 3 is 2.49 bits per heavy atom. The molecule has 4 amide bonds. The number of urea groups is 1. The molecule has 0 saturated carbocycles. The Morgan fingerprint density at radius 2 is 1.77 bits per heavy atom. The van der Waals surface area contributed by atoms with Gasteiger partial charge in [-0.1, -0.05) is 48.0 Å². The van der Waals surface area contributed by atoms with Gasteiger partial charge in [0.2, 0.25) is 5.91 Å². The summed E-state index contributed by atoms with van der Waals surface area (Å²) in [4.78, 5) is 38.4. The van der Waals surface area contributed by atoms with Crippen molar-refractivity contribution in [1.29, 1.82) is 0 Å². The zero-order valence-electron chi connectivity index (χ0n) is 19.3. The summed E-state index contributed by atoms with van der Waals surface area (Å²) in [5, 5.41) is 5.26. The van der Waals surface area contributed by atoms with E-state index in [4.69, 9.17) is 4.74 Å². The number of anilines is 1. The van der Waals surface area contributed by atoms with E-state index in [0.717, 1.165) is 30.9 Å². The lowest BCUT2D eigenvalue weighted by atomic mass is 10.1. The van der Waals surface area contributed by atoms with Gasteiger partial charge in [-0.15, -0.1) is 0 Å². The number of hydrogen-bond donors (Lipinski definition) is 2. The second-order valence-corrected chi connectivity index (χ2v) is 9.43. The first-order valence-electron chi connectivity index (χ1n) is 11.0. The average molecular weight is 581 g/mol. The highest BCUT2D eigenvalue weighted by atomic mass is 127. The van der Waals surface area contributed by atoms with E-state index in [1.54, 1.807) is 12.1 Å². The highest BCUT2D eigenvalue weighted by Gasteiger charge is 2.34. The summed E-state index contributed by atoms with van der Waals surface area (Å²) in [7, 11) is 0. The normalized spacial score (nSPS) is 14.3. The molecular formula is C27H24IN3O4. The van der Waals surface area contributed by atoms with Crippen molar-refractivity contribution < 1.29 is 19.1 Å². The number of aryl methyl sites for hydroxylation is 2. The SMILES string of the molecule is Cc1cccc(COc2ccc(/C=C3/NC(=O)N(CC(=O)Nc4cccc(C)c4)C3=O)cc2I)c1. The third-order valence-corrected chi connectivity index (χ3v) is 6.15. The summed E-state index contributed by atoms with van der Waals surface area (Å²) in [6.45, 7) is 4.02. The van der Waals surface area contributed by atoms with Crippen molar-refractivity contribution in [3.05, 3.63) is 98.3 Å². The molecule has 0 spiro atoms. The van der Waals surface area contributed by atoms with E-state index in [0.29, 0.717) is 12.3 Å². The molecule has 1 heterocycles. The van der Waals surface area contributed by atoms with Gasteiger partial charge in [-0.3, -0.25) is 9.59 Å². The zero-order chi connectivity index (χ0) is 24.9. The Balaban J connectivity index is 1.40. The average Bonchev–Trinajstić information content (AvgIpc) is 3.06. The molecule has 4 rings (SSSR count). The molecule has 0 aromatic heterocycles. The third-order valence-electron chi connectivity index (χ3n) is 5.31. The second kappa shape index (κ2) is 10.7. The number of rotatable bonds is 7. The first-order valence-corrected chi connectivity index (χ1v) is 12.1. The summed E-state index contributed by atoms with van der Waals surface area (Å²) in [6.07, 6.45) is 1.59. The molecule has 3 aromatic rings. The van der Waals surface area contributed by atoms with Crippen LogP contribution in [0, 0.1) is 17.4 Å². The van der Waals surface area contributed by atoms with Gasteiger partial charge in [-0.2, -0.15) is 0 Å². The van der Waals surface area contributed by atoms with Crippen LogP contribution in [0.4, 0.5) is 10.5 Å². The molecule has 3 aromatic carbocycles. The summed E-state index contributed by atoms with van der Waals surface area (Å²) < 4.78 is 6.81. The molecule has 0 aliphatic carbocycles. The first kappa shape index (κ1) is 24.5. The molecule has 1 fully saturated rings. The molecule has 178 valence electrons. The van der Waals surface area contributed by atoms with Gasteiger partial charge in [0.05, 0.1) is 3.57 Å². The molecule has 1 aliphatic heterocycles. The maximum absolute atomic E-state index is 12.8. The Hall–Kier alpha value is -3.66. The number of imide groups is 1. The third kappa shape index (κ3) is 6.27. The van der Waals surface area contributed by atoms with Gasteiger partial charge < -0.3 is 15.4 Å². The lowest BCUT2D eigenvalue weighted by Crippen LogP contribution is -2.38. The minimum absolute atomic E-state index is 0.114. The van der Waals surface area contributed by atoms with E-state index in [1.807, 2.05) is 68.4 Å². The molecule has 1 saturated heterocycles. The minimum Gasteiger partial charge on any atom is -0.488 e. The minimum atomic E-state index is -0.631. The van der Waals surface area contributed by atoms with Crippen LogP contribution in [0.15, 0.2) is 72.4 Å². The molecule has 0 bridgehead atoms. The maximum Gasteiger partial charge on any atom is 0.329 e. The van der Waals surface area contributed by atoms with Gasteiger partial charge in [-0.05, 0) is 83.5 Å². The van der Waals surface area contributed by atoms with Gasteiger partial charge in [-0.25, -0.2) is 9.69 Å². The molecule has 7 nitrogen and oxygen atoms in total. The van der Waals surface area contributed by atoms with Gasteiger partial charge in [0, 0.05) is 5.69 Å². The van der Waals surface area contributed by atoms with Crippen molar-refractivity contribution in [1.82, 2.24) is 10.2 Å². The molecule has 2 N–H and O–H groups in total. The summed E-state index contributed by atoms with van der Waals surface area (Å²) in [6, 6.07) is 20.3. The molecule has 0 atom stereocenters. The number of nitrogens with zero attached hydrogens (tertiary/aromatic N) is 1. The van der Waals surface area contributed by atoms with Gasteiger partial charge >= 0.3 is 6.03 Å². The van der Waals surface area contributed by atoms with Crippen molar-refractivity contribution >= 4 is 52.2 Å². The van der Waals surface area contributed by atoms with Gasteiger partial charge in [0.1, 0.15) is 24.6 Å². The molecule has 0 unspecified atom stereocenters. The second-order valence-electron chi connectivity index (χ2n) is 8.26. The van der Waals surface area contributed by atoms with Crippen LogP contribution >= 0.6 is 22.6 Å². The largest absolute Gasteiger partial charge is 0.488 e. The fraction of sp³-hybridized carbons (Fsp3) is 0.148. The van der Waals surface area contributed by atoms with Crippen LogP contribution < -0.4 is 15.4 Å². The Bertz CT molecular complexity index is 1340. The first-order chi connectivity index (χ1) is 16.8. The highest BCUT2D eigenvalue weighted by molar-refractivity contribution is 14.1. The van der Waals surface area contributed by atoms with E-state index in [9.17, 15) is 14.4 Å². The van der Waals surface area contributed by atoms with Crippen LogP contribution in [0.2, 0.25) is 0 Å². The predicted molar refractivity (Wildman–Crippen MR) is 143 cm³/mol. The number of carbonyl (C=O) groups is 3. The summed E-state index contributed by atoms with van der Waals surface area (Å²) in [5.41, 5.74) is 4.70. The smallest absolute Gasteiger partial charge is 0.329 e. The van der Waals surface area contributed by atoms with Crippen LogP contribution in [0.1, 0.15) is 22.3 Å².